The van der Waals surface area contributed by atoms with Gasteiger partial charge in [-0.3, -0.25) is 15.0 Å². The number of hydrogen-bond acceptors (Lipinski definition) is 5. The molecule has 1 aliphatic heterocycles. The molecule has 0 unspecified atom stereocenters. The molecule has 5 fully saturated rings. The van der Waals surface area contributed by atoms with E-state index in [1.807, 2.05) is 44.2 Å². The van der Waals surface area contributed by atoms with Gasteiger partial charge in [0.05, 0.1) is 16.4 Å². The van der Waals surface area contributed by atoms with Crippen molar-refractivity contribution in [1.29, 1.82) is 0 Å². The van der Waals surface area contributed by atoms with Crippen molar-refractivity contribution in [1.82, 2.24) is 10.4 Å². The molecule has 4 saturated carbocycles. The maximum Gasteiger partial charge on any atom is 0.285 e. The minimum Gasteiger partial charge on any atom is -0.491 e. The Bertz CT molecular complexity index is 919. The Kier molecular flexibility index (Phi) is 5.37. The Morgan fingerprint density at radius 2 is 1.74 bits per heavy atom. The molecule has 4 bridgehead atoms. The number of thioether (sulfide) groups is 1. The third-order valence-corrected chi connectivity index (χ3v) is 8.38. The monoisotopic (exact) mass is 456 g/mol. The third-order valence-electron chi connectivity index (χ3n) is 7.08. The SMILES string of the molecule is CC(C)Oc1ccc(/C=C2\SC(=S)N(NC(=O)C34CC5CC(CC(C5)C3)C4)C2=O)cc1. The predicted octanol–water partition coefficient (Wildman–Crippen LogP) is 4.92. The summed E-state index contributed by atoms with van der Waals surface area (Å²) in [7, 11) is 0. The normalized spacial score (nSPS) is 32.9. The molecule has 7 heteroatoms. The van der Waals surface area contributed by atoms with Gasteiger partial charge in [-0.05, 0) is 106 Å². The molecule has 1 saturated heterocycles. The van der Waals surface area contributed by atoms with E-state index in [-0.39, 0.29) is 23.3 Å². The quantitative estimate of drug-likeness (QED) is 0.503. The van der Waals surface area contributed by atoms with Crippen LogP contribution >= 0.6 is 24.0 Å². The molecule has 31 heavy (non-hydrogen) atoms. The molecule has 5 aliphatic rings. The number of ether oxygens (including phenoxy) is 1. The first-order chi connectivity index (χ1) is 14.8. The van der Waals surface area contributed by atoms with Gasteiger partial charge in [0.1, 0.15) is 5.75 Å². The fraction of sp³-hybridized carbons (Fsp3) is 0.542. The Hall–Kier alpha value is -1.86. The maximum absolute atomic E-state index is 13.3. The van der Waals surface area contributed by atoms with Gasteiger partial charge in [0, 0.05) is 0 Å². The van der Waals surface area contributed by atoms with Crippen molar-refractivity contribution in [3.8, 4) is 5.75 Å². The lowest BCUT2D eigenvalue weighted by atomic mass is 9.49. The van der Waals surface area contributed by atoms with E-state index >= 15 is 0 Å². The number of thiocarbonyl (C=S) groups is 1. The zero-order valence-electron chi connectivity index (χ0n) is 17.9. The molecular weight excluding hydrogens is 428 g/mol. The van der Waals surface area contributed by atoms with Crippen molar-refractivity contribution in [3.05, 3.63) is 34.7 Å². The van der Waals surface area contributed by atoms with Gasteiger partial charge in [0.25, 0.3) is 5.91 Å². The van der Waals surface area contributed by atoms with E-state index in [0.29, 0.717) is 27.0 Å². The minimum atomic E-state index is -0.311. The Morgan fingerprint density at radius 1 is 1.16 bits per heavy atom. The first kappa shape index (κ1) is 21.0. The molecule has 2 amide bonds. The van der Waals surface area contributed by atoms with Crippen LogP contribution in [-0.2, 0) is 9.59 Å². The summed E-state index contributed by atoms with van der Waals surface area (Å²) < 4.78 is 6.05. The lowest BCUT2D eigenvalue weighted by molar-refractivity contribution is -0.152. The smallest absolute Gasteiger partial charge is 0.285 e. The molecule has 0 aromatic heterocycles. The van der Waals surface area contributed by atoms with Crippen LogP contribution in [0.15, 0.2) is 29.2 Å². The molecule has 1 N–H and O–H groups in total. The van der Waals surface area contributed by atoms with Gasteiger partial charge in [0.2, 0.25) is 5.91 Å². The van der Waals surface area contributed by atoms with Crippen molar-refractivity contribution in [3.63, 3.8) is 0 Å². The van der Waals surface area contributed by atoms with Crippen LogP contribution in [0.1, 0.15) is 57.9 Å². The molecule has 1 aromatic rings. The number of hydrogen-bond donors (Lipinski definition) is 1. The topological polar surface area (TPSA) is 58.6 Å². The van der Waals surface area contributed by atoms with Gasteiger partial charge in [-0.15, -0.1) is 0 Å². The van der Waals surface area contributed by atoms with Crippen LogP contribution in [0.25, 0.3) is 6.08 Å². The minimum absolute atomic E-state index is 0.0145. The van der Waals surface area contributed by atoms with Crippen LogP contribution < -0.4 is 10.2 Å². The molecule has 6 rings (SSSR count). The molecule has 0 spiro atoms. The lowest BCUT2D eigenvalue weighted by Gasteiger charge is -2.55. The molecular formula is C24H28N2O3S2. The molecule has 164 valence electrons. The fourth-order valence-corrected chi connectivity index (χ4v) is 7.42. The molecule has 0 radical (unpaired) electrons. The van der Waals surface area contributed by atoms with Crippen LogP contribution in [0, 0.1) is 23.2 Å². The first-order valence-corrected chi connectivity index (χ1v) is 12.4. The van der Waals surface area contributed by atoms with Crippen LogP contribution in [0.3, 0.4) is 0 Å². The summed E-state index contributed by atoms with van der Waals surface area (Å²) >= 11 is 6.67. The van der Waals surface area contributed by atoms with E-state index in [0.717, 1.165) is 30.6 Å². The highest BCUT2D eigenvalue weighted by molar-refractivity contribution is 8.26. The number of rotatable bonds is 5. The highest BCUT2D eigenvalue weighted by Crippen LogP contribution is 2.60. The van der Waals surface area contributed by atoms with E-state index in [2.05, 4.69) is 5.43 Å². The van der Waals surface area contributed by atoms with Crippen LogP contribution in [0.2, 0.25) is 0 Å². The van der Waals surface area contributed by atoms with Crippen molar-refractivity contribution in [2.75, 3.05) is 0 Å². The number of nitrogens with one attached hydrogen (secondary N) is 1. The molecule has 1 aromatic carbocycles. The summed E-state index contributed by atoms with van der Waals surface area (Å²) in [4.78, 5) is 26.9. The van der Waals surface area contributed by atoms with Gasteiger partial charge < -0.3 is 4.74 Å². The number of carbonyl (C=O) groups excluding carboxylic acids is 2. The lowest BCUT2D eigenvalue weighted by Crippen LogP contribution is -2.57. The molecule has 0 atom stereocenters. The average Bonchev–Trinajstić information content (AvgIpc) is 2.95. The highest BCUT2D eigenvalue weighted by Gasteiger charge is 2.55. The number of nitrogens with zero attached hydrogens (tertiary/aromatic N) is 1. The predicted molar refractivity (Wildman–Crippen MR) is 126 cm³/mol. The summed E-state index contributed by atoms with van der Waals surface area (Å²) in [6.45, 7) is 3.97. The molecule has 5 nitrogen and oxygen atoms in total. The van der Waals surface area contributed by atoms with E-state index in [4.69, 9.17) is 17.0 Å². The molecule has 4 aliphatic carbocycles. The van der Waals surface area contributed by atoms with E-state index < -0.39 is 0 Å². The Balaban J connectivity index is 1.28. The highest BCUT2D eigenvalue weighted by atomic mass is 32.2. The average molecular weight is 457 g/mol. The third kappa shape index (κ3) is 4.02. The van der Waals surface area contributed by atoms with Crippen LogP contribution in [0.5, 0.6) is 5.75 Å². The number of amides is 2. The van der Waals surface area contributed by atoms with Gasteiger partial charge in [0.15, 0.2) is 4.32 Å². The summed E-state index contributed by atoms with van der Waals surface area (Å²) in [6.07, 6.45) is 8.63. The maximum atomic E-state index is 13.3. The zero-order chi connectivity index (χ0) is 21.8. The number of carbonyl (C=O) groups is 2. The van der Waals surface area contributed by atoms with Gasteiger partial charge >= 0.3 is 0 Å². The molecule has 1 heterocycles. The second kappa shape index (κ2) is 7.93. The second-order valence-corrected chi connectivity index (χ2v) is 11.6. The van der Waals surface area contributed by atoms with Crippen molar-refractivity contribution in [2.45, 2.75) is 58.5 Å². The summed E-state index contributed by atoms with van der Waals surface area (Å²) in [5.74, 6) is 2.54. The summed E-state index contributed by atoms with van der Waals surface area (Å²) in [5, 5.41) is 1.28. The standard InChI is InChI=1S/C24H28N2O3S2/c1-14(2)29-19-5-3-15(4-6-19)10-20-21(27)26(23(30)31-20)25-22(28)24-11-16-7-17(12-24)9-18(8-16)13-24/h3-6,10,14,16-18H,7-9,11-13H2,1-2H3,(H,25,28)/b20-10-. The fourth-order valence-electron chi connectivity index (χ4n) is 6.24. The summed E-state index contributed by atoms with van der Waals surface area (Å²) in [6, 6.07) is 7.61. The zero-order valence-corrected chi connectivity index (χ0v) is 19.6. The van der Waals surface area contributed by atoms with E-state index in [1.165, 1.54) is 36.0 Å². The van der Waals surface area contributed by atoms with Crippen LogP contribution in [0.4, 0.5) is 0 Å². The van der Waals surface area contributed by atoms with Crippen LogP contribution in [-0.4, -0.2) is 27.2 Å². The van der Waals surface area contributed by atoms with Gasteiger partial charge in [-0.25, -0.2) is 0 Å². The number of hydrazine groups is 1. The Morgan fingerprint density at radius 3 is 2.29 bits per heavy atom. The van der Waals surface area contributed by atoms with Gasteiger partial charge in [-0.1, -0.05) is 23.9 Å². The Labute approximate surface area is 192 Å². The first-order valence-electron chi connectivity index (χ1n) is 11.2. The van der Waals surface area contributed by atoms with Crippen molar-refractivity contribution >= 4 is 46.2 Å². The summed E-state index contributed by atoms with van der Waals surface area (Å²) in [5.41, 5.74) is 3.49. The van der Waals surface area contributed by atoms with E-state index in [9.17, 15) is 9.59 Å². The van der Waals surface area contributed by atoms with E-state index in [1.54, 1.807) is 0 Å². The van der Waals surface area contributed by atoms with Crippen molar-refractivity contribution < 1.29 is 14.3 Å². The number of benzene rings is 1. The second-order valence-electron chi connectivity index (χ2n) is 9.89. The largest absolute Gasteiger partial charge is 0.491 e. The van der Waals surface area contributed by atoms with Gasteiger partial charge in [-0.2, -0.15) is 5.01 Å². The van der Waals surface area contributed by atoms with Crippen molar-refractivity contribution in [2.24, 2.45) is 23.2 Å².